The molecule has 0 amide bonds. The molecule has 0 aromatic rings. The zero-order valence-corrected chi connectivity index (χ0v) is 33.3. The molecule has 0 radical (unpaired) electrons. The summed E-state index contributed by atoms with van der Waals surface area (Å²) in [5, 5.41) is 0. The first-order valence-corrected chi connectivity index (χ1v) is 22.9. The van der Waals surface area contributed by atoms with Crippen molar-refractivity contribution in [3.63, 3.8) is 0 Å². The van der Waals surface area contributed by atoms with Gasteiger partial charge in [-0.05, 0) is 150 Å². The lowest BCUT2D eigenvalue weighted by Crippen LogP contribution is -2.53. The van der Waals surface area contributed by atoms with Crippen molar-refractivity contribution < 1.29 is 4.74 Å². The first-order chi connectivity index (χ1) is 26.6. The van der Waals surface area contributed by atoms with Gasteiger partial charge in [-0.3, -0.25) is 0 Å². The highest BCUT2D eigenvalue weighted by atomic mass is 16.5. The molecular formula is C51H66N2O. The minimum atomic E-state index is 0.327. The molecule has 3 nitrogen and oxygen atoms in total. The van der Waals surface area contributed by atoms with Crippen molar-refractivity contribution in [2.75, 3.05) is 0 Å². The Labute approximate surface area is 326 Å². The monoisotopic (exact) mass is 723 g/mol. The Bertz CT molecular complexity index is 1780. The number of rotatable bonds is 5. The van der Waals surface area contributed by atoms with Crippen LogP contribution in [0.2, 0.25) is 0 Å². The smallest absolute Gasteiger partial charge is 0.109 e. The average Bonchev–Trinajstić information content (AvgIpc) is 3.85. The highest BCUT2D eigenvalue weighted by Crippen LogP contribution is 2.63. The summed E-state index contributed by atoms with van der Waals surface area (Å²) in [5.41, 5.74) is 7.07. The molecule has 2 fully saturated rings. The molecule has 1 saturated heterocycles. The van der Waals surface area contributed by atoms with E-state index in [-0.39, 0.29) is 0 Å². The van der Waals surface area contributed by atoms with Crippen LogP contribution in [0.5, 0.6) is 0 Å². The third kappa shape index (κ3) is 5.39. The number of hydrogen-bond donors (Lipinski definition) is 0. The maximum atomic E-state index is 6.92. The zero-order chi connectivity index (χ0) is 36.0. The van der Waals surface area contributed by atoms with E-state index in [0.717, 1.165) is 36.0 Å². The van der Waals surface area contributed by atoms with Crippen LogP contribution in [0.3, 0.4) is 0 Å². The number of allylic oxidation sites excluding steroid dienone is 13. The number of fused-ring (bicyclic) bond motifs is 8. The molecule has 1 saturated carbocycles. The molecule has 2 heterocycles. The predicted octanol–water partition coefficient (Wildman–Crippen LogP) is 11.9. The number of hydrogen-bond acceptors (Lipinski definition) is 3. The Morgan fingerprint density at radius 3 is 2.46 bits per heavy atom. The molecule has 0 spiro atoms. The fraction of sp³-hybridized carbons (Fsp3) is 0.647. The lowest BCUT2D eigenvalue weighted by Gasteiger charge is -2.52. The second kappa shape index (κ2) is 13.6. The van der Waals surface area contributed by atoms with E-state index in [1.807, 2.05) is 0 Å². The van der Waals surface area contributed by atoms with Crippen LogP contribution in [-0.4, -0.2) is 40.1 Å². The van der Waals surface area contributed by atoms with E-state index in [4.69, 9.17) is 4.74 Å². The fourth-order valence-electron chi connectivity index (χ4n) is 15.2. The Morgan fingerprint density at radius 1 is 0.722 bits per heavy atom. The van der Waals surface area contributed by atoms with Crippen molar-refractivity contribution in [2.24, 2.45) is 52.8 Å². The molecular weight excluding hydrogens is 657 g/mol. The Kier molecular flexibility index (Phi) is 8.66. The van der Waals surface area contributed by atoms with E-state index < -0.39 is 0 Å². The summed E-state index contributed by atoms with van der Waals surface area (Å²) < 4.78 is 6.92. The first kappa shape index (κ1) is 34.3. The Balaban J connectivity index is 0.981. The molecule has 0 aromatic carbocycles. The Hall–Kier alpha value is -2.94. The van der Waals surface area contributed by atoms with E-state index in [9.17, 15) is 0 Å². The van der Waals surface area contributed by atoms with Crippen LogP contribution in [0.1, 0.15) is 123 Å². The van der Waals surface area contributed by atoms with Gasteiger partial charge in [-0.1, -0.05) is 92.3 Å². The van der Waals surface area contributed by atoms with Crippen LogP contribution in [-0.2, 0) is 4.74 Å². The summed E-state index contributed by atoms with van der Waals surface area (Å²) in [7, 11) is 0. The van der Waals surface area contributed by atoms with Gasteiger partial charge < -0.3 is 14.5 Å². The summed E-state index contributed by atoms with van der Waals surface area (Å²) in [6.45, 7) is 5.37. The number of likely N-dealkylation sites (tertiary alicyclic amines) is 1. The van der Waals surface area contributed by atoms with Gasteiger partial charge in [-0.25, -0.2) is 0 Å². The number of ether oxygens (including phenoxy) is 1. The van der Waals surface area contributed by atoms with Crippen molar-refractivity contribution in [3.8, 4) is 0 Å². The van der Waals surface area contributed by atoms with Gasteiger partial charge in [0.2, 0.25) is 0 Å². The van der Waals surface area contributed by atoms with Gasteiger partial charge in [0.15, 0.2) is 0 Å². The third-order valence-corrected chi connectivity index (χ3v) is 17.4. The summed E-state index contributed by atoms with van der Waals surface area (Å²) in [6.07, 6.45) is 55.2. The van der Waals surface area contributed by atoms with Crippen molar-refractivity contribution in [3.05, 3.63) is 107 Å². The standard InChI is InChI=1S/C51H66N2O/c1-51(2)42-20-9-6-16-37(42)39-19-12-23-46(50(39)51)53(45-22-13-25-48-49(45)40-18-8-11-24-47(40)54-48)36-30-31-44-41(32-36)38-17-7-10-21-43(38)52(44)35-28-26-34(27-29-35)33-14-4-3-5-15-33/h3-4,6,8-10,12,18,21,23,26,28,32-33,37-47,50H,5,7,11,13-17,19-20,22,24-25,27,29-31H2,1-2H3. The summed E-state index contributed by atoms with van der Waals surface area (Å²) >= 11 is 0. The van der Waals surface area contributed by atoms with Gasteiger partial charge in [0.1, 0.15) is 6.10 Å². The van der Waals surface area contributed by atoms with E-state index in [0.29, 0.717) is 53.4 Å². The molecule has 0 N–H and O–H groups in total. The molecule has 0 aromatic heterocycles. The summed E-state index contributed by atoms with van der Waals surface area (Å²) in [5.74, 6) is 7.11. The van der Waals surface area contributed by atoms with Crippen LogP contribution in [0, 0.1) is 52.8 Å². The van der Waals surface area contributed by atoms with Gasteiger partial charge in [0.25, 0.3) is 0 Å². The van der Waals surface area contributed by atoms with Gasteiger partial charge in [-0.15, -0.1) is 0 Å². The minimum absolute atomic E-state index is 0.327. The highest BCUT2D eigenvalue weighted by Gasteiger charge is 2.60. The molecule has 0 bridgehead atoms. The van der Waals surface area contributed by atoms with Crippen LogP contribution < -0.4 is 0 Å². The summed E-state index contributed by atoms with van der Waals surface area (Å²) in [4.78, 5) is 6.12. The molecule has 13 unspecified atom stereocenters. The third-order valence-electron chi connectivity index (χ3n) is 17.4. The van der Waals surface area contributed by atoms with Crippen LogP contribution in [0.15, 0.2) is 107 Å². The minimum Gasteiger partial charge on any atom is -0.494 e. The number of nitrogens with zero attached hydrogens (tertiary/aromatic N) is 2. The zero-order valence-electron chi connectivity index (χ0n) is 33.3. The maximum Gasteiger partial charge on any atom is 0.109 e. The van der Waals surface area contributed by atoms with E-state index in [2.05, 4.69) is 103 Å². The lowest BCUT2D eigenvalue weighted by atomic mass is 9.66. The van der Waals surface area contributed by atoms with E-state index in [1.165, 1.54) is 108 Å². The van der Waals surface area contributed by atoms with Crippen LogP contribution in [0.25, 0.3) is 0 Å². The second-order valence-electron chi connectivity index (χ2n) is 20.0. The second-order valence-corrected chi connectivity index (χ2v) is 20.0. The van der Waals surface area contributed by atoms with Crippen LogP contribution >= 0.6 is 0 Å². The van der Waals surface area contributed by atoms with E-state index in [1.54, 1.807) is 22.5 Å². The van der Waals surface area contributed by atoms with Gasteiger partial charge in [-0.2, -0.15) is 0 Å². The van der Waals surface area contributed by atoms with Gasteiger partial charge in [0, 0.05) is 41.3 Å². The van der Waals surface area contributed by atoms with Gasteiger partial charge in [0.05, 0.1) is 23.9 Å². The van der Waals surface area contributed by atoms with Gasteiger partial charge >= 0.3 is 0 Å². The average molecular weight is 723 g/mol. The largest absolute Gasteiger partial charge is 0.494 e. The lowest BCUT2D eigenvalue weighted by molar-refractivity contribution is 0.0600. The van der Waals surface area contributed by atoms with Crippen molar-refractivity contribution in [2.45, 2.75) is 153 Å². The molecule has 13 atom stereocenters. The van der Waals surface area contributed by atoms with Crippen molar-refractivity contribution >= 4 is 0 Å². The highest BCUT2D eigenvalue weighted by molar-refractivity contribution is 5.37. The first-order valence-electron chi connectivity index (χ1n) is 22.9. The molecule has 54 heavy (non-hydrogen) atoms. The van der Waals surface area contributed by atoms with Crippen molar-refractivity contribution in [1.29, 1.82) is 0 Å². The predicted molar refractivity (Wildman–Crippen MR) is 221 cm³/mol. The molecule has 11 aliphatic rings. The molecule has 9 aliphatic carbocycles. The fourth-order valence-corrected chi connectivity index (χ4v) is 15.2. The molecule has 286 valence electrons. The normalized spacial score (nSPS) is 43.9. The SMILES string of the molecule is CC1(C)C2CC=CCC2C2CC=CC(N(C3=CC4C5CCC=CC5N(C5=CC=C(C6CC=CCC6)CC5)C4CC3)C3CCCC4=C3C3C=CCCC3O4)C21. The quantitative estimate of drug-likeness (QED) is 0.263. The topological polar surface area (TPSA) is 15.7 Å². The van der Waals surface area contributed by atoms with Crippen molar-refractivity contribution in [1.82, 2.24) is 9.80 Å². The molecule has 3 heteroatoms. The molecule has 11 rings (SSSR count). The Morgan fingerprint density at radius 2 is 1.57 bits per heavy atom. The van der Waals surface area contributed by atoms with Crippen LogP contribution in [0.4, 0.5) is 0 Å². The maximum absolute atomic E-state index is 6.92. The summed E-state index contributed by atoms with van der Waals surface area (Å²) in [6, 6.07) is 2.10. The molecule has 2 aliphatic heterocycles. The van der Waals surface area contributed by atoms with E-state index >= 15 is 0 Å².